The van der Waals surface area contributed by atoms with E-state index in [4.69, 9.17) is 9.47 Å². The molecule has 4 rings (SSSR count). The lowest BCUT2D eigenvalue weighted by molar-refractivity contribution is 0.263. The SMILES string of the molecule is COc1cccc2c1CC(NS(=O)(=O)c1ccc(OC)c3c1CC[C@H](N(C)C)C3)CC2. The van der Waals surface area contributed by atoms with Crippen molar-refractivity contribution in [3.05, 3.63) is 52.6 Å². The summed E-state index contributed by atoms with van der Waals surface area (Å²) in [7, 11) is 3.80. The van der Waals surface area contributed by atoms with E-state index < -0.39 is 10.0 Å². The molecular weight excluding hydrogens is 412 g/mol. The second-order valence-electron chi connectivity index (χ2n) is 8.74. The molecule has 0 saturated carbocycles. The summed E-state index contributed by atoms with van der Waals surface area (Å²) in [5.41, 5.74) is 4.27. The van der Waals surface area contributed by atoms with Crippen LogP contribution in [0.25, 0.3) is 0 Å². The summed E-state index contributed by atoms with van der Waals surface area (Å²) in [5, 5.41) is 0. The van der Waals surface area contributed by atoms with Crippen molar-refractivity contribution in [3.8, 4) is 11.5 Å². The summed E-state index contributed by atoms with van der Waals surface area (Å²) >= 11 is 0. The molecule has 1 N–H and O–H groups in total. The number of fused-ring (bicyclic) bond motifs is 2. The van der Waals surface area contributed by atoms with E-state index in [0.29, 0.717) is 17.4 Å². The Balaban J connectivity index is 1.62. The van der Waals surface area contributed by atoms with Gasteiger partial charge in [-0.25, -0.2) is 13.1 Å². The highest BCUT2D eigenvalue weighted by molar-refractivity contribution is 7.89. The van der Waals surface area contributed by atoms with Gasteiger partial charge in [-0.05, 0) is 87.5 Å². The monoisotopic (exact) mass is 444 g/mol. The fourth-order valence-electron chi connectivity index (χ4n) is 5.01. The van der Waals surface area contributed by atoms with Crippen molar-refractivity contribution < 1.29 is 17.9 Å². The van der Waals surface area contributed by atoms with Crippen LogP contribution in [0.4, 0.5) is 0 Å². The van der Waals surface area contributed by atoms with Gasteiger partial charge in [-0.15, -0.1) is 0 Å². The summed E-state index contributed by atoms with van der Waals surface area (Å²) in [6, 6.07) is 9.77. The molecule has 6 nitrogen and oxygen atoms in total. The Bertz CT molecular complexity index is 1050. The van der Waals surface area contributed by atoms with E-state index in [0.717, 1.165) is 60.3 Å². The number of likely N-dealkylation sites (N-methyl/N-ethyl adjacent to an activating group) is 1. The molecule has 0 amide bonds. The first-order valence-corrected chi connectivity index (χ1v) is 12.3. The third kappa shape index (κ3) is 4.31. The maximum Gasteiger partial charge on any atom is 0.241 e. The van der Waals surface area contributed by atoms with Crippen molar-refractivity contribution in [1.29, 1.82) is 0 Å². The number of methoxy groups -OCH3 is 2. The summed E-state index contributed by atoms with van der Waals surface area (Å²) < 4.78 is 41.0. The van der Waals surface area contributed by atoms with E-state index in [1.54, 1.807) is 26.4 Å². The molecule has 2 aliphatic carbocycles. The fraction of sp³-hybridized carbons (Fsp3) is 0.500. The van der Waals surface area contributed by atoms with Crippen molar-refractivity contribution in [2.45, 2.75) is 55.5 Å². The Kier molecular flexibility index (Phi) is 6.28. The number of sulfonamides is 1. The standard InChI is InChI=1S/C24H32N2O4S/c1-26(2)18-10-11-19-21(15-18)23(30-4)12-13-24(19)31(27,28)25-17-9-8-16-6-5-7-22(29-3)20(16)14-17/h5-7,12-13,17-18,25H,8-11,14-15H2,1-4H3/t17?,18-/m0/s1. The van der Waals surface area contributed by atoms with Gasteiger partial charge in [0.05, 0.1) is 19.1 Å². The average Bonchev–Trinajstić information content (AvgIpc) is 2.77. The predicted octanol–water partition coefficient (Wildman–Crippen LogP) is 2.96. The van der Waals surface area contributed by atoms with Crippen molar-refractivity contribution in [2.24, 2.45) is 0 Å². The van der Waals surface area contributed by atoms with Gasteiger partial charge < -0.3 is 14.4 Å². The van der Waals surface area contributed by atoms with Gasteiger partial charge in [0.15, 0.2) is 0 Å². The maximum atomic E-state index is 13.5. The zero-order chi connectivity index (χ0) is 22.2. The van der Waals surface area contributed by atoms with Crippen LogP contribution in [-0.2, 0) is 35.7 Å². The largest absolute Gasteiger partial charge is 0.496 e. The fourth-order valence-corrected chi connectivity index (χ4v) is 6.57. The summed E-state index contributed by atoms with van der Waals surface area (Å²) in [6.45, 7) is 0. The van der Waals surface area contributed by atoms with Gasteiger partial charge >= 0.3 is 0 Å². The predicted molar refractivity (Wildman–Crippen MR) is 122 cm³/mol. The summed E-state index contributed by atoms with van der Waals surface area (Å²) in [4.78, 5) is 2.60. The van der Waals surface area contributed by atoms with E-state index in [-0.39, 0.29) is 6.04 Å². The van der Waals surface area contributed by atoms with Gasteiger partial charge in [0.1, 0.15) is 11.5 Å². The number of ether oxygens (including phenoxy) is 2. The Morgan fingerprint density at radius 3 is 2.35 bits per heavy atom. The minimum atomic E-state index is -3.65. The lowest BCUT2D eigenvalue weighted by Crippen LogP contribution is -2.40. The normalized spacial score (nSPS) is 20.8. The Hall–Kier alpha value is -2.09. The number of benzene rings is 2. The van der Waals surface area contributed by atoms with Gasteiger partial charge in [0.2, 0.25) is 10.0 Å². The molecule has 0 radical (unpaired) electrons. The first-order valence-electron chi connectivity index (χ1n) is 10.9. The second kappa shape index (κ2) is 8.81. The maximum absolute atomic E-state index is 13.5. The Morgan fingerprint density at radius 2 is 1.65 bits per heavy atom. The first-order chi connectivity index (χ1) is 14.8. The van der Waals surface area contributed by atoms with Gasteiger partial charge in [-0.2, -0.15) is 0 Å². The van der Waals surface area contributed by atoms with Crippen molar-refractivity contribution in [2.75, 3.05) is 28.3 Å². The second-order valence-corrected chi connectivity index (χ2v) is 10.4. The Labute approximate surface area is 185 Å². The Morgan fingerprint density at radius 1 is 0.903 bits per heavy atom. The molecule has 1 unspecified atom stereocenters. The highest BCUT2D eigenvalue weighted by Crippen LogP contribution is 2.36. The minimum Gasteiger partial charge on any atom is -0.496 e. The molecule has 2 aromatic rings. The van der Waals surface area contributed by atoms with E-state index in [9.17, 15) is 8.42 Å². The van der Waals surface area contributed by atoms with Crippen LogP contribution >= 0.6 is 0 Å². The van der Waals surface area contributed by atoms with E-state index in [1.807, 2.05) is 12.1 Å². The van der Waals surface area contributed by atoms with Crippen molar-refractivity contribution in [3.63, 3.8) is 0 Å². The third-order valence-electron chi connectivity index (χ3n) is 6.74. The molecule has 0 aromatic heterocycles. The lowest BCUT2D eigenvalue weighted by Gasteiger charge is -2.32. The quantitative estimate of drug-likeness (QED) is 0.742. The van der Waals surface area contributed by atoms with Crippen molar-refractivity contribution >= 4 is 10.0 Å². The number of aryl methyl sites for hydroxylation is 1. The van der Waals surface area contributed by atoms with E-state index >= 15 is 0 Å². The van der Waals surface area contributed by atoms with Crippen LogP contribution in [0.3, 0.4) is 0 Å². The molecule has 2 atom stereocenters. The molecule has 0 fully saturated rings. The zero-order valence-electron chi connectivity index (χ0n) is 18.8. The van der Waals surface area contributed by atoms with Crippen molar-refractivity contribution in [1.82, 2.24) is 9.62 Å². The zero-order valence-corrected chi connectivity index (χ0v) is 19.6. The summed E-state index contributed by atoms with van der Waals surface area (Å²) in [6.07, 6.45) is 4.71. The number of nitrogens with zero attached hydrogens (tertiary/aromatic N) is 1. The molecule has 168 valence electrons. The number of nitrogens with one attached hydrogen (secondary N) is 1. The number of hydrogen-bond donors (Lipinski definition) is 1. The third-order valence-corrected chi connectivity index (χ3v) is 8.34. The molecule has 0 heterocycles. The van der Waals surface area contributed by atoms with Crippen LogP contribution < -0.4 is 14.2 Å². The molecule has 2 aliphatic rings. The van der Waals surface area contributed by atoms with E-state index in [2.05, 4.69) is 29.8 Å². The first kappa shape index (κ1) is 22.1. The van der Waals surface area contributed by atoms with Gasteiger partial charge in [-0.3, -0.25) is 0 Å². The molecule has 0 saturated heterocycles. The van der Waals surface area contributed by atoms with Crippen LogP contribution in [0.2, 0.25) is 0 Å². The van der Waals surface area contributed by atoms with Gasteiger partial charge in [0.25, 0.3) is 0 Å². The topological polar surface area (TPSA) is 67.9 Å². The average molecular weight is 445 g/mol. The van der Waals surface area contributed by atoms with Gasteiger partial charge in [-0.1, -0.05) is 12.1 Å². The van der Waals surface area contributed by atoms with E-state index in [1.165, 1.54) is 5.56 Å². The van der Waals surface area contributed by atoms with Crippen LogP contribution in [0, 0.1) is 0 Å². The molecule has 31 heavy (non-hydrogen) atoms. The molecule has 2 aromatic carbocycles. The number of rotatable bonds is 6. The molecule has 0 spiro atoms. The van der Waals surface area contributed by atoms with Gasteiger partial charge in [0, 0.05) is 17.6 Å². The van der Waals surface area contributed by atoms with Crippen LogP contribution in [0.5, 0.6) is 11.5 Å². The number of hydrogen-bond acceptors (Lipinski definition) is 5. The molecular formula is C24H32N2O4S. The molecule has 0 aliphatic heterocycles. The molecule has 0 bridgehead atoms. The minimum absolute atomic E-state index is 0.148. The highest BCUT2D eigenvalue weighted by atomic mass is 32.2. The van der Waals surface area contributed by atoms with Crippen LogP contribution in [0.1, 0.15) is 35.1 Å². The highest BCUT2D eigenvalue weighted by Gasteiger charge is 2.32. The van der Waals surface area contributed by atoms with Crippen LogP contribution in [0.15, 0.2) is 35.2 Å². The smallest absolute Gasteiger partial charge is 0.241 e. The molecule has 7 heteroatoms. The lowest BCUT2D eigenvalue weighted by atomic mass is 9.87. The summed E-state index contributed by atoms with van der Waals surface area (Å²) in [5.74, 6) is 1.61. The van der Waals surface area contributed by atoms with Crippen LogP contribution in [-0.4, -0.2) is 53.7 Å².